The van der Waals surface area contributed by atoms with Gasteiger partial charge in [0.25, 0.3) is 5.56 Å². The van der Waals surface area contributed by atoms with Crippen molar-refractivity contribution >= 4 is 10.8 Å². The molecule has 2 aromatic carbocycles. The van der Waals surface area contributed by atoms with Crippen molar-refractivity contribution in [3.8, 4) is 22.9 Å². The number of hydrogen-bond donors (Lipinski definition) is 1. The van der Waals surface area contributed by atoms with Crippen molar-refractivity contribution in [3.63, 3.8) is 0 Å². The van der Waals surface area contributed by atoms with Gasteiger partial charge in [-0.3, -0.25) is 14.3 Å². The minimum atomic E-state index is -0.504. The Hall–Kier alpha value is -3.03. The molecular weight excluding hydrogens is 420 g/mol. The first-order valence-electron chi connectivity index (χ1n) is 11.6. The second-order valence-corrected chi connectivity index (χ2v) is 8.35. The molecule has 0 spiro atoms. The summed E-state index contributed by atoms with van der Waals surface area (Å²) in [7, 11) is 1.60. The van der Waals surface area contributed by atoms with Gasteiger partial charge in [0.2, 0.25) is 0 Å². The molecule has 7 nitrogen and oxygen atoms in total. The van der Waals surface area contributed by atoms with Gasteiger partial charge in [0, 0.05) is 24.2 Å². The van der Waals surface area contributed by atoms with Crippen molar-refractivity contribution in [1.29, 1.82) is 0 Å². The van der Waals surface area contributed by atoms with Crippen molar-refractivity contribution in [1.82, 2.24) is 9.47 Å². The third kappa shape index (κ3) is 5.49. The van der Waals surface area contributed by atoms with E-state index in [1.807, 2.05) is 37.3 Å². The smallest absolute Gasteiger partial charge is 0.262 e. The van der Waals surface area contributed by atoms with E-state index in [2.05, 4.69) is 4.90 Å². The normalized spacial score (nSPS) is 15.0. The largest absolute Gasteiger partial charge is 0.493 e. The first-order chi connectivity index (χ1) is 16.1. The van der Waals surface area contributed by atoms with Crippen LogP contribution in [0.3, 0.4) is 0 Å². The number of ether oxygens (including phenoxy) is 3. The summed E-state index contributed by atoms with van der Waals surface area (Å²) in [5.74, 6) is 1.90. The Balaban J connectivity index is 1.52. The van der Waals surface area contributed by atoms with Crippen LogP contribution in [0.2, 0.25) is 0 Å². The monoisotopic (exact) mass is 452 g/mol. The fraction of sp³-hybridized carbons (Fsp3) is 0.423. The van der Waals surface area contributed by atoms with E-state index in [1.54, 1.807) is 30.0 Å². The lowest BCUT2D eigenvalue weighted by Gasteiger charge is -2.17. The van der Waals surface area contributed by atoms with Gasteiger partial charge in [-0.2, -0.15) is 0 Å². The third-order valence-corrected chi connectivity index (χ3v) is 6.08. The standard InChI is InChI=1S/C26H32N2O5/c1-3-21(29)18-33-22-7-8-23-19(16-22)10-13-28(26(23)30)20-6-9-24(25(17-20)31-2)32-15-14-27-11-4-5-12-27/h6-10,13,16-17,21,29H,3-5,11-12,14-15,18H2,1-2H3/t21-/m0/s1. The van der Waals surface area contributed by atoms with E-state index in [1.165, 1.54) is 12.8 Å². The quantitative estimate of drug-likeness (QED) is 0.507. The molecule has 1 aliphatic heterocycles. The van der Waals surface area contributed by atoms with Gasteiger partial charge in [0.15, 0.2) is 11.5 Å². The minimum absolute atomic E-state index is 0.127. The summed E-state index contributed by atoms with van der Waals surface area (Å²) in [6.07, 6.45) is 4.39. The zero-order chi connectivity index (χ0) is 23.2. The van der Waals surface area contributed by atoms with Crippen LogP contribution < -0.4 is 19.8 Å². The van der Waals surface area contributed by atoms with Gasteiger partial charge in [-0.05, 0) is 74.1 Å². The summed E-state index contributed by atoms with van der Waals surface area (Å²) in [5.41, 5.74) is 0.578. The maximum absolute atomic E-state index is 13.2. The highest BCUT2D eigenvalue weighted by molar-refractivity contribution is 5.83. The Labute approximate surface area is 194 Å². The number of fused-ring (bicyclic) bond motifs is 1. The number of rotatable bonds is 10. The van der Waals surface area contributed by atoms with Crippen molar-refractivity contribution in [2.45, 2.75) is 32.3 Å². The molecule has 176 valence electrons. The molecule has 7 heteroatoms. The van der Waals surface area contributed by atoms with Crippen molar-refractivity contribution in [3.05, 3.63) is 59.0 Å². The molecule has 2 heterocycles. The van der Waals surface area contributed by atoms with Crippen LogP contribution in [0, 0.1) is 0 Å². The number of aliphatic hydroxyl groups excluding tert-OH is 1. The molecule has 0 bridgehead atoms. The summed E-state index contributed by atoms with van der Waals surface area (Å²) < 4.78 is 18.7. The maximum atomic E-state index is 13.2. The molecule has 1 aliphatic rings. The Morgan fingerprint density at radius 1 is 1.03 bits per heavy atom. The molecule has 3 aromatic rings. The van der Waals surface area contributed by atoms with Gasteiger partial charge in [-0.1, -0.05) is 6.92 Å². The average molecular weight is 453 g/mol. The van der Waals surface area contributed by atoms with Crippen LogP contribution in [0.1, 0.15) is 26.2 Å². The number of aromatic nitrogens is 1. The molecule has 1 fully saturated rings. The average Bonchev–Trinajstić information content (AvgIpc) is 3.36. The Morgan fingerprint density at radius 3 is 2.61 bits per heavy atom. The highest BCUT2D eigenvalue weighted by Gasteiger charge is 2.13. The number of methoxy groups -OCH3 is 1. The number of aliphatic hydroxyl groups is 1. The second-order valence-electron chi connectivity index (χ2n) is 8.35. The van der Waals surface area contributed by atoms with Crippen LogP contribution in [-0.2, 0) is 0 Å². The molecule has 0 unspecified atom stereocenters. The van der Waals surface area contributed by atoms with Crippen molar-refractivity contribution in [2.75, 3.05) is 40.0 Å². The summed E-state index contributed by atoms with van der Waals surface area (Å²) >= 11 is 0. The van der Waals surface area contributed by atoms with Gasteiger partial charge in [-0.25, -0.2) is 0 Å². The van der Waals surface area contributed by atoms with E-state index in [4.69, 9.17) is 14.2 Å². The molecule has 1 N–H and O–H groups in total. The SMILES string of the molecule is CC[C@H](O)COc1ccc2c(=O)n(-c3ccc(OCCN4CCCC4)c(OC)c3)ccc2c1. The molecule has 1 atom stereocenters. The van der Waals surface area contributed by atoms with E-state index < -0.39 is 6.10 Å². The number of hydrogen-bond acceptors (Lipinski definition) is 6. The van der Waals surface area contributed by atoms with Gasteiger partial charge >= 0.3 is 0 Å². The fourth-order valence-corrected chi connectivity index (χ4v) is 4.05. The number of likely N-dealkylation sites (tertiary alicyclic amines) is 1. The molecule has 0 amide bonds. The first kappa shape index (κ1) is 23.1. The number of nitrogens with zero attached hydrogens (tertiary/aromatic N) is 2. The first-order valence-corrected chi connectivity index (χ1v) is 11.6. The van der Waals surface area contributed by atoms with Crippen LogP contribution in [0.4, 0.5) is 0 Å². The lowest BCUT2D eigenvalue weighted by atomic mass is 10.1. The Bertz CT molecular complexity index is 1140. The predicted molar refractivity (Wildman–Crippen MR) is 129 cm³/mol. The topological polar surface area (TPSA) is 73.2 Å². The Kier molecular flexibility index (Phi) is 7.52. The van der Waals surface area contributed by atoms with Crippen LogP contribution in [-0.4, -0.2) is 60.6 Å². The molecule has 0 aliphatic carbocycles. The van der Waals surface area contributed by atoms with Gasteiger partial charge in [0.05, 0.1) is 18.9 Å². The molecular formula is C26H32N2O5. The predicted octanol–water partition coefficient (Wildman–Crippen LogP) is 3.62. The van der Waals surface area contributed by atoms with Gasteiger partial charge in [0.1, 0.15) is 19.0 Å². The minimum Gasteiger partial charge on any atom is -0.493 e. The third-order valence-electron chi connectivity index (χ3n) is 6.08. The van der Waals surface area contributed by atoms with Crippen LogP contribution in [0.25, 0.3) is 16.5 Å². The maximum Gasteiger partial charge on any atom is 0.262 e. The molecule has 4 rings (SSSR count). The lowest BCUT2D eigenvalue weighted by Crippen LogP contribution is -2.25. The zero-order valence-corrected chi connectivity index (χ0v) is 19.3. The van der Waals surface area contributed by atoms with Gasteiger partial charge in [-0.15, -0.1) is 0 Å². The highest BCUT2D eigenvalue weighted by Crippen LogP contribution is 2.29. The van der Waals surface area contributed by atoms with Crippen LogP contribution in [0.15, 0.2) is 53.5 Å². The number of benzene rings is 2. The Morgan fingerprint density at radius 2 is 1.85 bits per heavy atom. The summed E-state index contributed by atoms with van der Waals surface area (Å²) in [6, 6.07) is 12.8. The molecule has 1 aromatic heterocycles. The van der Waals surface area contributed by atoms with E-state index in [-0.39, 0.29) is 12.2 Å². The van der Waals surface area contributed by atoms with Crippen LogP contribution >= 0.6 is 0 Å². The van der Waals surface area contributed by atoms with E-state index in [0.717, 1.165) is 25.0 Å². The summed E-state index contributed by atoms with van der Waals surface area (Å²) in [4.78, 5) is 15.6. The molecule has 0 saturated carbocycles. The molecule has 0 radical (unpaired) electrons. The summed E-state index contributed by atoms with van der Waals surface area (Å²) in [5, 5.41) is 11.1. The zero-order valence-electron chi connectivity index (χ0n) is 19.3. The fourth-order valence-electron chi connectivity index (χ4n) is 4.05. The lowest BCUT2D eigenvalue weighted by molar-refractivity contribution is 0.104. The van der Waals surface area contributed by atoms with E-state index in [9.17, 15) is 9.90 Å². The van der Waals surface area contributed by atoms with Crippen molar-refractivity contribution < 1.29 is 19.3 Å². The molecule has 33 heavy (non-hydrogen) atoms. The number of pyridine rings is 1. The molecule has 1 saturated heterocycles. The highest BCUT2D eigenvalue weighted by atomic mass is 16.5. The van der Waals surface area contributed by atoms with Gasteiger partial charge < -0.3 is 19.3 Å². The van der Waals surface area contributed by atoms with Crippen molar-refractivity contribution in [2.24, 2.45) is 0 Å². The van der Waals surface area contributed by atoms with E-state index in [0.29, 0.717) is 41.3 Å². The van der Waals surface area contributed by atoms with E-state index >= 15 is 0 Å². The second kappa shape index (κ2) is 10.7. The summed E-state index contributed by atoms with van der Waals surface area (Å²) in [6.45, 7) is 5.91. The van der Waals surface area contributed by atoms with Crippen LogP contribution in [0.5, 0.6) is 17.2 Å².